The molecule has 20 heavy (non-hydrogen) atoms. The summed E-state index contributed by atoms with van der Waals surface area (Å²) >= 11 is 1.89. The van der Waals surface area contributed by atoms with Gasteiger partial charge in [-0.1, -0.05) is 30.3 Å². The number of hydrogen-bond donors (Lipinski definition) is 2. The monoisotopic (exact) mass is 282 g/mol. The van der Waals surface area contributed by atoms with Gasteiger partial charge in [0.15, 0.2) is 0 Å². The second-order valence-electron chi connectivity index (χ2n) is 4.69. The van der Waals surface area contributed by atoms with Crippen molar-refractivity contribution >= 4 is 22.7 Å². The fourth-order valence-corrected chi connectivity index (χ4v) is 3.12. The van der Waals surface area contributed by atoms with Crippen molar-refractivity contribution in [2.75, 3.05) is 12.3 Å². The number of aromatic nitrogens is 1. The first-order chi connectivity index (χ1) is 9.93. The molecule has 2 aromatic carbocycles. The molecule has 0 saturated carbocycles. The van der Waals surface area contributed by atoms with Gasteiger partial charge in [-0.25, -0.2) is 0 Å². The minimum absolute atomic E-state index is 0.921. The molecule has 0 amide bonds. The molecule has 0 aliphatic heterocycles. The summed E-state index contributed by atoms with van der Waals surface area (Å²) in [4.78, 5) is 4.59. The molecule has 0 aliphatic carbocycles. The number of H-pyrrole nitrogens is 1. The van der Waals surface area contributed by atoms with Gasteiger partial charge in [-0.3, -0.25) is 0 Å². The zero-order valence-electron chi connectivity index (χ0n) is 11.3. The normalized spacial score (nSPS) is 11.0. The highest BCUT2D eigenvalue weighted by Gasteiger charge is 2.00. The fraction of sp³-hybridized carbons (Fsp3) is 0.176. The molecule has 0 unspecified atom stereocenters. The van der Waals surface area contributed by atoms with Crippen LogP contribution in [-0.2, 0) is 6.54 Å². The lowest BCUT2D eigenvalue weighted by atomic mass is 10.1. The predicted molar refractivity (Wildman–Crippen MR) is 87.2 cm³/mol. The van der Waals surface area contributed by atoms with Gasteiger partial charge in [-0.05, 0) is 29.8 Å². The Bertz CT molecular complexity index is 661. The first-order valence-corrected chi connectivity index (χ1v) is 7.85. The van der Waals surface area contributed by atoms with E-state index in [0.717, 1.165) is 18.8 Å². The lowest BCUT2D eigenvalue weighted by Crippen LogP contribution is -2.16. The first kappa shape index (κ1) is 13.3. The molecule has 0 atom stereocenters. The van der Waals surface area contributed by atoms with Crippen LogP contribution in [0.1, 0.15) is 5.56 Å². The van der Waals surface area contributed by atoms with E-state index in [-0.39, 0.29) is 0 Å². The SMILES string of the molecule is c1ccc(SCCNCc2cccc3[nH]ccc23)cc1. The molecular formula is C17H18N2S. The van der Waals surface area contributed by atoms with E-state index in [0.29, 0.717) is 0 Å². The largest absolute Gasteiger partial charge is 0.361 e. The maximum Gasteiger partial charge on any atom is 0.0457 e. The molecule has 1 aromatic heterocycles. The molecular weight excluding hydrogens is 264 g/mol. The lowest BCUT2D eigenvalue weighted by molar-refractivity contribution is 0.736. The van der Waals surface area contributed by atoms with Crippen molar-refractivity contribution in [1.29, 1.82) is 0 Å². The van der Waals surface area contributed by atoms with E-state index in [9.17, 15) is 0 Å². The van der Waals surface area contributed by atoms with Crippen molar-refractivity contribution in [3.63, 3.8) is 0 Å². The molecule has 0 radical (unpaired) electrons. The minimum atomic E-state index is 0.921. The Morgan fingerprint density at radius 2 is 1.85 bits per heavy atom. The summed E-state index contributed by atoms with van der Waals surface area (Å²) in [5, 5.41) is 4.83. The highest BCUT2D eigenvalue weighted by molar-refractivity contribution is 7.99. The average Bonchev–Trinajstić information content (AvgIpc) is 2.97. The molecule has 2 nitrogen and oxygen atoms in total. The average molecular weight is 282 g/mol. The highest BCUT2D eigenvalue weighted by atomic mass is 32.2. The zero-order chi connectivity index (χ0) is 13.6. The summed E-state index contributed by atoms with van der Waals surface area (Å²) in [5.74, 6) is 1.09. The van der Waals surface area contributed by atoms with Crippen molar-refractivity contribution < 1.29 is 0 Å². The molecule has 0 aliphatic rings. The first-order valence-electron chi connectivity index (χ1n) is 6.87. The van der Waals surface area contributed by atoms with Gasteiger partial charge in [-0.15, -0.1) is 11.8 Å². The Balaban J connectivity index is 1.47. The van der Waals surface area contributed by atoms with Crippen molar-refractivity contribution in [2.45, 2.75) is 11.4 Å². The fourth-order valence-electron chi connectivity index (χ4n) is 2.29. The molecule has 3 heteroatoms. The zero-order valence-corrected chi connectivity index (χ0v) is 12.1. The number of aromatic amines is 1. The maximum atomic E-state index is 3.52. The predicted octanol–water partition coefficient (Wildman–Crippen LogP) is 4.05. The van der Waals surface area contributed by atoms with E-state index in [2.05, 4.69) is 64.9 Å². The molecule has 0 bridgehead atoms. The standard InChI is InChI=1S/C17H18N2S/c1-2-6-15(7-3-1)20-12-11-18-13-14-5-4-8-17-16(14)9-10-19-17/h1-10,18-19H,11-13H2. The summed E-state index contributed by atoms with van der Waals surface area (Å²) in [5.41, 5.74) is 2.57. The van der Waals surface area contributed by atoms with E-state index in [1.807, 2.05) is 18.0 Å². The van der Waals surface area contributed by atoms with Crippen LogP contribution in [-0.4, -0.2) is 17.3 Å². The summed E-state index contributed by atoms with van der Waals surface area (Å²) in [6.45, 7) is 1.94. The van der Waals surface area contributed by atoms with Gasteiger partial charge < -0.3 is 10.3 Å². The van der Waals surface area contributed by atoms with Crippen molar-refractivity contribution in [2.24, 2.45) is 0 Å². The number of hydrogen-bond acceptors (Lipinski definition) is 2. The second kappa shape index (κ2) is 6.64. The number of thioether (sulfide) groups is 1. The lowest BCUT2D eigenvalue weighted by Gasteiger charge is -2.06. The third kappa shape index (κ3) is 3.24. The molecule has 3 aromatic rings. The molecule has 0 saturated heterocycles. The number of benzene rings is 2. The van der Waals surface area contributed by atoms with Crippen LogP contribution in [0.15, 0.2) is 65.7 Å². The van der Waals surface area contributed by atoms with Gasteiger partial charge in [-0.2, -0.15) is 0 Å². The topological polar surface area (TPSA) is 27.8 Å². The molecule has 102 valence electrons. The molecule has 1 heterocycles. The second-order valence-corrected chi connectivity index (χ2v) is 5.86. The van der Waals surface area contributed by atoms with Crippen LogP contribution in [0.2, 0.25) is 0 Å². The Hall–Kier alpha value is -1.71. The van der Waals surface area contributed by atoms with Gasteiger partial charge >= 0.3 is 0 Å². The van der Waals surface area contributed by atoms with Gasteiger partial charge in [0.2, 0.25) is 0 Å². The smallest absolute Gasteiger partial charge is 0.0457 e. The summed E-state index contributed by atoms with van der Waals surface area (Å²) in [7, 11) is 0. The van der Waals surface area contributed by atoms with Crippen LogP contribution in [0.3, 0.4) is 0 Å². The number of nitrogens with one attached hydrogen (secondary N) is 2. The molecule has 2 N–H and O–H groups in total. The molecule has 3 rings (SSSR count). The van der Waals surface area contributed by atoms with Gasteiger partial charge in [0.05, 0.1) is 0 Å². The van der Waals surface area contributed by atoms with E-state index in [4.69, 9.17) is 0 Å². The Labute approximate surface area is 123 Å². The van der Waals surface area contributed by atoms with E-state index >= 15 is 0 Å². The van der Waals surface area contributed by atoms with Crippen molar-refractivity contribution in [3.05, 3.63) is 66.4 Å². The minimum Gasteiger partial charge on any atom is -0.361 e. The third-order valence-corrected chi connectivity index (χ3v) is 4.31. The van der Waals surface area contributed by atoms with Crippen LogP contribution >= 0.6 is 11.8 Å². The third-order valence-electron chi connectivity index (χ3n) is 3.29. The Morgan fingerprint density at radius 1 is 0.950 bits per heavy atom. The van der Waals surface area contributed by atoms with Crippen LogP contribution in [0.25, 0.3) is 10.9 Å². The van der Waals surface area contributed by atoms with Gasteiger partial charge in [0.25, 0.3) is 0 Å². The van der Waals surface area contributed by atoms with Crippen molar-refractivity contribution in [1.82, 2.24) is 10.3 Å². The number of fused-ring (bicyclic) bond motifs is 1. The van der Waals surface area contributed by atoms with Crippen molar-refractivity contribution in [3.8, 4) is 0 Å². The van der Waals surface area contributed by atoms with Gasteiger partial charge in [0, 0.05) is 40.8 Å². The highest BCUT2D eigenvalue weighted by Crippen LogP contribution is 2.18. The maximum absolute atomic E-state index is 3.52. The Kier molecular flexibility index (Phi) is 4.41. The summed E-state index contributed by atoms with van der Waals surface area (Å²) in [6.07, 6.45) is 2.00. The molecule has 0 spiro atoms. The van der Waals surface area contributed by atoms with Crippen LogP contribution in [0.4, 0.5) is 0 Å². The van der Waals surface area contributed by atoms with Crippen LogP contribution in [0, 0.1) is 0 Å². The van der Waals surface area contributed by atoms with E-state index in [1.165, 1.54) is 21.4 Å². The number of rotatable bonds is 6. The molecule has 0 fully saturated rings. The van der Waals surface area contributed by atoms with Crippen LogP contribution < -0.4 is 5.32 Å². The van der Waals surface area contributed by atoms with E-state index in [1.54, 1.807) is 0 Å². The summed E-state index contributed by atoms with van der Waals surface area (Å²) in [6, 6.07) is 19.1. The quantitative estimate of drug-likeness (QED) is 0.527. The summed E-state index contributed by atoms with van der Waals surface area (Å²) < 4.78 is 0. The Morgan fingerprint density at radius 3 is 2.75 bits per heavy atom. The van der Waals surface area contributed by atoms with Gasteiger partial charge in [0.1, 0.15) is 0 Å². The van der Waals surface area contributed by atoms with E-state index < -0.39 is 0 Å². The van der Waals surface area contributed by atoms with Crippen LogP contribution in [0.5, 0.6) is 0 Å².